The van der Waals surface area contributed by atoms with Crippen molar-refractivity contribution in [2.75, 3.05) is 23.3 Å². The Labute approximate surface area is 161 Å². The molecular formula is C19H20ClN3O4. The molecule has 0 bridgehead atoms. The van der Waals surface area contributed by atoms with Crippen LogP contribution < -0.4 is 10.2 Å². The van der Waals surface area contributed by atoms with Crippen LogP contribution in [0.3, 0.4) is 0 Å². The third kappa shape index (κ3) is 4.14. The number of piperidine rings is 1. The number of hydrogen-bond donors (Lipinski definition) is 2. The predicted octanol–water partition coefficient (Wildman–Crippen LogP) is 4.12. The number of carbonyl (C=O) groups is 1. The van der Waals surface area contributed by atoms with Gasteiger partial charge in [0.1, 0.15) is 5.75 Å². The fourth-order valence-electron chi connectivity index (χ4n) is 3.40. The zero-order valence-corrected chi connectivity index (χ0v) is 15.6. The molecule has 1 aliphatic heterocycles. The number of non-ortho nitro benzene ring substituents is 1. The second kappa shape index (κ2) is 7.84. The van der Waals surface area contributed by atoms with E-state index in [1.165, 1.54) is 18.2 Å². The molecule has 2 N–H and O–H groups in total. The van der Waals surface area contributed by atoms with Crippen molar-refractivity contribution in [2.24, 2.45) is 5.92 Å². The molecule has 0 aliphatic carbocycles. The number of aromatic hydroxyl groups is 1. The number of anilines is 2. The molecule has 0 spiro atoms. The maximum Gasteiger partial charge on any atom is 0.271 e. The Morgan fingerprint density at radius 2 is 1.96 bits per heavy atom. The number of hydrogen-bond acceptors (Lipinski definition) is 5. The number of nitro groups is 1. The van der Waals surface area contributed by atoms with Gasteiger partial charge >= 0.3 is 0 Å². The summed E-state index contributed by atoms with van der Waals surface area (Å²) in [5, 5.41) is 23.9. The molecule has 1 saturated heterocycles. The molecule has 7 nitrogen and oxygen atoms in total. The van der Waals surface area contributed by atoms with Crippen LogP contribution in [0.5, 0.6) is 5.75 Å². The SMILES string of the molecule is Cc1cc([N+](=O)[O-])cc(Cl)c1N1CCC(C(=O)Nc2ccccc2O)CC1. The van der Waals surface area contributed by atoms with E-state index in [0.717, 1.165) is 11.3 Å². The number of rotatable bonds is 4. The molecule has 8 heteroatoms. The number of para-hydroxylation sites is 2. The van der Waals surface area contributed by atoms with E-state index >= 15 is 0 Å². The zero-order chi connectivity index (χ0) is 19.6. The van der Waals surface area contributed by atoms with Crippen molar-refractivity contribution < 1.29 is 14.8 Å². The lowest BCUT2D eigenvalue weighted by molar-refractivity contribution is -0.384. The number of phenols is 1. The lowest BCUT2D eigenvalue weighted by atomic mass is 9.95. The van der Waals surface area contributed by atoms with E-state index in [1.54, 1.807) is 25.1 Å². The average Bonchev–Trinajstić information content (AvgIpc) is 2.63. The van der Waals surface area contributed by atoms with E-state index < -0.39 is 4.92 Å². The molecule has 0 saturated carbocycles. The van der Waals surface area contributed by atoms with Gasteiger partial charge < -0.3 is 15.3 Å². The van der Waals surface area contributed by atoms with Crippen molar-refractivity contribution in [3.8, 4) is 5.75 Å². The van der Waals surface area contributed by atoms with Crippen LogP contribution in [0, 0.1) is 23.0 Å². The Morgan fingerprint density at radius 1 is 1.30 bits per heavy atom. The molecule has 2 aromatic carbocycles. The predicted molar refractivity (Wildman–Crippen MR) is 105 cm³/mol. The van der Waals surface area contributed by atoms with Crippen LogP contribution in [0.25, 0.3) is 0 Å². The summed E-state index contributed by atoms with van der Waals surface area (Å²) >= 11 is 6.28. The summed E-state index contributed by atoms with van der Waals surface area (Å²) in [6, 6.07) is 9.50. The Kier molecular flexibility index (Phi) is 5.51. The van der Waals surface area contributed by atoms with Gasteiger partial charge in [-0.3, -0.25) is 14.9 Å². The summed E-state index contributed by atoms with van der Waals surface area (Å²) in [5.74, 6) is -0.253. The van der Waals surface area contributed by atoms with Gasteiger partial charge in [-0.1, -0.05) is 23.7 Å². The molecule has 1 fully saturated rings. The Bertz CT molecular complexity index is 856. The van der Waals surface area contributed by atoms with Crippen LogP contribution in [0.2, 0.25) is 5.02 Å². The van der Waals surface area contributed by atoms with Crippen LogP contribution in [0.15, 0.2) is 36.4 Å². The van der Waals surface area contributed by atoms with Crippen molar-refractivity contribution in [1.29, 1.82) is 0 Å². The van der Waals surface area contributed by atoms with E-state index in [4.69, 9.17) is 11.6 Å². The largest absolute Gasteiger partial charge is 0.506 e. The Balaban J connectivity index is 1.66. The van der Waals surface area contributed by atoms with Crippen LogP contribution in [-0.4, -0.2) is 29.0 Å². The number of benzene rings is 2. The minimum absolute atomic E-state index is 0.0295. The van der Waals surface area contributed by atoms with E-state index in [-0.39, 0.29) is 23.3 Å². The molecule has 2 aromatic rings. The fraction of sp³-hybridized carbons (Fsp3) is 0.316. The number of halogens is 1. The summed E-state index contributed by atoms with van der Waals surface area (Å²) in [6.45, 7) is 3.04. The molecule has 1 amide bonds. The second-order valence-electron chi connectivity index (χ2n) is 6.62. The summed E-state index contributed by atoms with van der Waals surface area (Å²) in [6.07, 6.45) is 1.26. The molecule has 0 radical (unpaired) electrons. The molecule has 27 heavy (non-hydrogen) atoms. The van der Waals surface area contributed by atoms with E-state index in [1.807, 2.05) is 0 Å². The minimum Gasteiger partial charge on any atom is -0.506 e. The maximum absolute atomic E-state index is 12.5. The first kappa shape index (κ1) is 19.0. The number of amides is 1. The van der Waals surface area contributed by atoms with Gasteiger partial charge in [0.05, 0.1) is 21.3 Å². The Morgan fingerprint density at radius 3 is 2.56 bits per heavy atom. The number of nitro benzene ring substituents is 1. The van der Waals surface area contributed by atoms with Gasteiger partial charge in [0, 0.05) is 31.1 Å². The summed E-state index contributed by atoms with van der Waals surface area (Å²) in [4.78, 5) is 25.0. The summed E-state index contributed by atoms with van der Waals surface area (Å²) < 4.78 is 0. The summed E-state index contributed by atoms with van der Waals surface area (Å²) in [7, 11) is 0. The van der Waals surface area contributed by atoms with Gasteiger partial charge in [-0.2, -0.15) is 0 Å². The second-order valence-corrected chi connectivity index (χ2v) is 7.03. The first-order valence-corrected chi connectivity index (χ1v) is 9.03. The quantitative estimate of drug-likeness (QED) is 0.466. The van der Waals surface area contributed by atoms with Crippen molar-refractivity contribution in [2.45, 2.75) is 19.8 Å². The highest BCUT2D eigenvalue weighted by atomic mass is 35.5. The highest BCUT2D eigenvalue weighted by molar-refractivity contribution is 6.33. The van der Waals surface area contributed by atoms with Crippen LogP contribution in [0.4, 0.5) is 17.1 Å². The number of nitrogens with one attached hydrogen (secondary N) is 1. The number of phenolic OH excluding ortho intramolecular Hbond substituents is 1. The van der Waals surface area contributed by atoms with E-state index in [0.29, 0.717) is 36.6 Å². The fourth-order valence-corrected chi connectivity index (χ4v) is 3.78. The van der Waals surface area contributed by atoms with Crippen molar-refractivity contribution >= 4 is 34.6 Å². The van der Waals surface area contributed by atoms with Gasteiger partial charge in [-0.15, -0.1) is 0 Å². The third-order valence-corrected chi connectivity index (χ3v) is 5.08. The monoisotopic (exact) mass is 389 g/mol. The standard InChI is InChI=1S/C19H20ClN3O4/c1-12-10-14(23(26)27)11-15(20)18(12)22-8-6-13(7-9-22)19(25)21-16-4-2-3-5-17(16)24/h2-5,10-11,13,24H,6-9H2,1H3,(H,21,25). The third-order valence-electron chi connectivity index (χ3n) is 4.79. The molecule has 0 atom stereocenters. The average molecular weight is 390 g/mol. The van der Waals surface area contributed by atoms with E-state index in [9.17, 15) is 20.0 Å². The highest BCUT2D eigenvalue weighted by Crippen LogP contribution is 2.36. The molecule has 1 aliphatic rings. The summed E-state index contributed by atoms with van der Waals surface area (Å²) in [5.41, 5.74) is 1.89. The van der Waals surface area contributed by atoms with Crippen molar-refractivity contribution in [3.05, 3.63) is 57.1 Å². The number of nitrogens with zero attached hydrogens (tertiary/aromatic N) is 2. The van der Waals surface area contributed by atoms with Crippen LogP contribution in [-0.2, 0) is 4.79 Å². The Hall–Kier alpha value is -2.80. The lowest BCUT2D eigenvalue weighted by Gasteiger charge is -2.34. The lowest BCUT2D eigenvalue weighted by Crippen LogP contribution is -2.38. The van der Waals surface area contributed by atoms with Crippen LogP contribution in [0.1, 0.15) is 18.4 Å². The maximum atomic E-state index is 12.5. The van der Waals surface area contributed by atoms with E-state index in [2.05, 4.69) is 10.2 Å². The zero-order valence-electron chi connectivity index (χ0n) is 14.8. The molecule has 1 heterocycles. The van der Waals surface area contributed by atoms with Gasteiger partial charge in [-0.05, 0) is 37.5 Å². The van der Waals surface area contributed by atoms with Crippen molar-refractivity contribution in [3.63, 3.8) is 0 Å². The molecule has 0 aromatic heterocycles. The van der Waals surface area contributed by atoms with Crippen LogP contribution >= 0.6 is 11.6 Å². The van der Waals surface area contributed by atoms with Gasteiger partial charge in [0.25, 0.3) is 5.69 Å². The number of aryl methyl sites for hydroxylation is 1. The van der Waals surface area contributed by atoms with Crippen molar-refractivity contribution in [1.82, 2.24) is 0 Å². The van der Waals surface area contributed by atoms with Gasteiger partial charge in [0.15, 0.2) is 0 Å². The molecule has 3 rings (SSSR count). The topological polar surface area (TPSA) is 95.7 Å². The molecule has 0 unspecified atom stereocenters. The van der Waals surface area contributed by atoms with Gasteiger partial charge in [-0.25, -0.2) is 0 Å². The highest BCUT2D eigenvalue weighted by Gasteiger charge is 2.28. The smallest absolute Gasteiger partial charge is 0.271 e. The molecular weight excluding hydrogens is 370 g/mol. The molecule has 142 valence electrons. The first-order chi connectivity index (χ1) is 12.9. The van der Waals surface area contributed by atoms with Gasteiger partial charge in [0.2, 0.25) is 5.91 Å². The first-order valence-electron chi connectivity index (χ1n) is 8.65. The minimum atomic E-state index is -0.460. The normalized spacial score (nSPS) is 14.8. The number of carbonyl (C=O) groups excluding carboxylic acids is 1.